The molecule has 0 aliphatic carbocycles. The van der Waals surface area contributed by atoms with Crippen molar-refractivity contribution in [3.8, 4) is 0 Å². The van der Waals surface area contributed by atoms with E-state index >= 15 is 0 Å². The van der Waals surface area contributed by atoms with E-state index in [1.807, 2.05) is 6.07 Å². The molecule has 2 fully saturated rings. The molecule has 0 radical (unpaired) electrons. The molecule has 3 unspecified atom stereocenters. The Morgan fingerprint density at radius 3 is 2.85 bits per heavy atom. The van der Waals surface area contributed by atoms with Crippen molar-refractivity contribution >= 4 is 0 Å². The smallest absolute Gasteiger partial charge is 0.0939 e. The maximum atomic E-state index is 6.30. The lowest BCUT2D eigenvalue weighted by Crippen LogP contribution is -2.40. The molecule has 3 rings (SSSR count). The standard InChI is InChI=1S/C17H25NO2/c18-16(15-4-2-1-3-5-15)7-6-14-8-10-20-17(12-14)9-11-19-13-17/h1-5,14,16H,6-13,18H2. The van der Waals surface area contributed by atoms with Crippen LogP contribution in [0.25, 0.3) is 0 Å². The molecule has 0 saturated carbocycles. The lowest BCUT2D eigenvalue weighted by atomic mass is 9.82. The Kier molecular flexibility index (Phi) is 4.39. The normalized spacial score (nSPS) is 31.6. The molecule has 110 valence electrons. The number of benzene rings is 1. The summed E-state index contributed by atoms with van der Waals surface area (Å²) in [6.07, 6.45) is 5.64. The molecule has 3 atom stereocenters. The van der Waals surface area contributed by atoms with Gasteiger partial charge in [0.15, 0.2) is 0 Å². The fourth-order valence-electron chi connectivity index (χ4n) is 3.52. The van der Waals surface area contributed by atoms with Crippen molar-refractivity contribution in [2.45, 2.75) is 43.7 Å². The summed E-state index contributed by atoms with van der Waals surface area (Å²) >= 11 is 0. The first-order valence-electron chi connectivity index (χ1n) is 7.80. The highest BCUT2D eigenvalue weighted by Crippen LogP contribution is 2.38. The molecular weight excluding hydrogens is 250 g/mol. The van der Waals surface area contributed by atoms with Crippen LogP contribution in [0, 0.1) is 5.92 Å². The van der Waals surface area contributed by atoms with Crippen molar-refractivity contribution in [2.24, 2.45) is 11.7 Å². The highest BCUT2D eigenvalue weighted by atomic mass is 16.6. The van der Waals surface area contributed by atoms with Gasteiger partial charge in [0, 0.05) is 25.7 Å². The zero-order valence-electron chi connectivity index (χ0n) is 12.1. The predicted molar refractivity (Wildman–Crippen MR) is 79.4 cm³/mol. The van der Waals surface area contributed by atoms with Crippen molar-refractivity contribution in [2.75, 3.05) is 19.8 Å². The predicted octanol–water partition coefficient (Wildman–Crippen LogP) is 3.05. The van der Waals surface area contributed by atoms with Crippen molar-refractivity contribution in [1.29, 1.82) is 0 Å². The van der Waals surface area contributed by atoms with E-state index in [2.05, 4.69) is 24.3 Å². The van der Waals surface area contributed by atoms with E-state index in [0.29, 0.717) is 0 Å². The Morgan fingerprint density at radius 2 is 2.10 bits per heavy atom. The lowest BCUT2D eigenvalue weighted by Gasteiger charge is -2.37. The van der Waals surface area contributed by atoms with Crippen molar-refractivity contribution in [1.82, 2.24) is 0 Å². The minimum atomic E-state index is 0.0275. The summed E-state index contributed by atoms with van der Waals surface area (Å²) in [6.45, 7) is 2.53. The van der Waals surface area contributed by atoms with Crippen molar-refractivity contribution < 1.29 is 9.47 Å². The third kappa shape index (κ3) is 3.22. The number of nitrogens with two attached hydrogens (primary N) is 1. The van der Waals surface area contributed by atoms with E-state index in [4.69, 9.17) is 15.2 Å². The molecule has 3 heteroatoms. The minimum absolute atomic E-state index is 0.0275. The molecule has 2 heterocycles. The Labute approximate surface area is 121 Å². The quantitative estimate of drug-likeness (QED) is 0.918. The van der Waals surface area contributed by atoms with Crippen LogP contribution in [-0.2, 0) is 9.47 Å². The van der Waals surface area contributed by atoms with Crippen LogP contribution in [0.4, 0.5) is 0 Å². The van der Waals surface area contributed by atoms with Crippen LogP contribution >= 0.6 is 0 Å². The van der Waals surface area contributed by atoms with Crippen LogP contribution in [0.2, 0.25) is 0 Å². The highest BCUT2D eigenvalue weighted by Gasteiger charge is 2.40. The Morgan fingerprint density at radius 1 is 1.25 bits per heavy atom. The van der Waals surface area contributed by atoms with Crippen LogP contribution in [0.5, 0.6) is 0 Å². The second-order valence-corrected chi connectivity index (χ2v) is 6.29. The molecule has 2 saturated heterocycles. The first-order chi connectivity index (χ1) is 9.77. The van der Waals surface area contributed by atoms with Gasteiger partial charge in [-0.2, -0.15) is 0 Å². The van der Waals surface area contributed by atoms with E-state index in [1.165, 1.54) is 18.4 Å². The third-order valence-electron chi connectivity index (χ3n) is 4.78. The molecule has 20 heavy (non-hydrogen) atoms. The molecule has 0 aromatic heterocycles. The van der Waals surface area contributed by atoms with E-state index < -0.39 is 0 Å². The average Bonchev–Trinajstić information content (AvgIpc) is 2.93. The summed E-state index contributed by atoms with van der Waals surface area (Å²) in [6, 6.07) is 10.6. The zero-order chi connectivity index (χ0) is 13.8. The van der Waals surface area contributed by atoms with Crippen molar-refractivity contribution in [3.05, 3.63) is 35.9 Å². The van der Waals surface area contributed by atoms with Gasteiger partial charge in [-0.05, 0) is 37.2 Å². The molecule has 1 aromatic rings. The Balaban J connectivity index is 1.51. The second-order valence-electron chi connectivity index (χ2n) is 6.29. The van der Waals surface area contributed by atoms with Gasteiger partial charge >= 0.3 is 0 Å². The topological polar surface area (TPSA) is 44.5 Å². The highest BCUT2D eigenvalue weighted by molar-refractivity contribution is 5.18. The number of hydrogen-bond acceptors (Lipinski definition) is 3. The molecule has 2 N–H and O–H groups in total. The van der Waals surface area contributed by atoms with Crippen LogP contribution < -0.4 is 5.73 Å². The first kappa shape index (κ1) is 14.1. The van der Waals surface area contributed by atoms with Crippen LogP contribution in [0.1, 0.15) is 43.7 Å². The van der Waals surface area contributed by atoms with Gasteiger partial charge in [0.05, 0.1) is 12.2 Å². The summed E-state index contributed by atoms with van der Waals surface area (Å²) in [4.78, 5) is 0. The summed E-state index contributed by atoms with van der Waals surface area (Å²) in [5, 5.41) is 0. The summed E-state index contributed by atoms with van der Waals surface area (Å²) in [7, 11) is 0. The van der Waals surface area contributed by atoms with Crippen LogP contribution in [0.15, 0.2) is 30.3 Å². The van der Waals surface area contributed by atoms with Crippen LogP contribution in [0.3, 0.4) is 0 Å². The molecule has 0 bridgehead atoms. The van der Waals surface area contributed by atoms with Gasteiger partial charge in [0.2, 0.25) is 0 Å². The monoisotopic (exact) mass is 275 g/mol. The average molecular weight is 275 g/mol. The second kappa shape index (κ2) is 6.25. The molecule has 1 spiro atoms. The molecule has 2 aliphatic heterocycles. The van der Waals surface area contributed by atoms with E-state index in [1.54, 1.807) is 0 Å². The molecule has 0 amide bonds. The third-order valence-corrected chi connectivity index (χ3v) is 4.78. The molecule has 2 aliphatic rings. The number of ether oxygens (including phenoxy) is 2. The van der Waals surface area contributed by atoms with Crippen molar-refractivity contribution in [3.63, 3.8) is 0 Å². The van der Waals surface area contributed by atoms with Gasteiger partial charge in [-0.15, -0.1) is 0 Å². The zero-order valence-corrected chi connectivity index (χ0v) is 12.1. The molecule has 3 nitrogen and oxygen atoms in total. The molecule has 1 aromatic carbocycles. The van der Waals surface area contributed by atoms with Gasteiger partial charge in [0.25, 0.3) is 0 Å². The summed E-state index contributed by atoms with van der Waals surface area (Å²) in [5.74, 6) is 0.736. The summed E-state index contributed by atoms with van der Waals surface area (Å²) in [5.41, 5.74) is 7.58. The van der Waals surface area contributed by atoms with Gasteiger partial charge in [0.1, 0.15) is 0 Å². The van der Waals surface area contributed by atoms with Gasteiger partial charge < -0.3 is 15.2 Å². The van der Waals surface area contributed by atoms with Gasteiger partial charge in [-0.25, -0.2) is 0 Å². The van der Waals surface area contributed by atoms with Gasteiger partial charge in [-0.3, -0.25) is 0 Å². The maximum Gasteiger partial charge on any atom is 0.0939 e. The van der Waals surface area contributed by atoms with Gasteiger partial charge in [-0.1, -0.05) is 30.3 Å². The fourth-order valence-corrected chi connectivity index (χ4v) is 3.52. The van der Waals surface area contributed by atoms with Crippen LogP contribution in [-0.4, -0.2) is 25.4 Å². The Bertz CT molecular complexity index is 414. The largest absolute Gasteiger partial charge is 0.378 e. The van der Waals surface area contributed by atoms with E-state index in [0.717, 1.165) is 45.0 Å². The summed E-state index contributed by atoms with van der Waals surface area (Å²) < 4.78 is 11.5. The minimum Gasteiger partial charge on any atom is -0.378 e. The van der Waals surface area contributed by atoms with E-state index in [9.17, 15) is 0 Å². The number of hydrogen-bond donors (Lipinski definition) is 1. The fraction of sp³-hybridized carbons (Fsp3) is 0.647. The van der Waals surface area contributed by atoms with E-state index in [-0.39, 0.29) is 11.6 Å². The lowest BCUT2D eigenvalue weighted by molar-refractivity contribution is -0.0991. The first-order valence-corrected chi connectivity index (χ1v) is 7.80. The Hall–Kier alpha value is -0.900. The number of rotatable bonds is 4. The maximum absolute atomic E-state index is 6.30. The molecular formula is C17H25NO2. The SMILES string of the molecule is NC(CCC1CCOC2(CCOC2)C1)c1ccccc1.